The van der Waals surface area contributed by atoms with E-state index >= 15 is 0 Å². The van der Waals surface area contributed by atoms with Crippen molar-refractivity contribution in [2.75, 3.05) is 6.61 Å². The first-order valence-corrected chi connectivity index (χ1v) is 14.3. The minimum atomic E-state index is -1.97. The van der Waals surface area contributed by atoms with Crippen LogP contribution in [0.5, 0.6) is 0 Å². The molecule has 0 saturated heterocycles. The summed E-state index contributed by atoms with van der Waals surface area (Å²) in [6.45, 7) is 7.96. The molecule has 0 spiro atoms. The Labute approximate surface area is 241 Å². The Kier molecular flexibility index (Phi) is 6.85. The van der Waals surface area contributed by atoms with Crippen molar-refractivity contribution < 1.29 is 39.2 Å². The van der Waals surface area contributed by atoms with E-state index in [9.17, 15) is 29.7 Å². The molecule has 0 unspecified atom stereocenters. The fourth-order valence-electron chi connectivity index (χ4n) is 7.96. The first kappa shape index (κ1) is 28.9. The number of hydrogen-bond acceptors (Lipinski definition) is 8. The van der Waals surface area contributed by atoms with Gasteiger partial charge in [0, 0.05) is 53.0 Å². The van der Waals surface area contributed by atoms with E-state index in [1.54, 1.807) is 32.1 Å². The fourth-order valence-corrected chi connectivity index (χ4v) is 8.23. The summed E-state index contributed by atoms with van der Waals surface area (Å²) in [5.74, 6) is -4.87. The first-order chi connectivity index (χ1) is 18.6. The maximum absolute atomic E-state index is 13.2. The number of hydrogen-bond donors (Lipinski definition) is 3. The SMILES string of the molecule is CC(=O)O[C@@]12[C@H](OC(=O)/C=C/c3ccc(Br)cc3)[C@@H](C)[C@@]3(O)[C@@H](C=C(CO)C[C@]4(O)C(=O)C(C)=C[C@@H]34)[C@@H]1C2(C)C. The lowest BCUT2D eigenvalue weighted by atomic mass is 9.59. The molecule has 0 amide bonds. The van der Waals surface area contributed by atoms with Crippen LogP contribution in [-0.4, -0.2) is 62.6 Å². The van der Waals surface area contributed by atoms with Crippen LogP contribution < -0.4 is 0 Å². The number of aliphatic hydroxyl groups excluding tert-OH is 1. The first-order valence-electron chi connectivity index (χ1n) is 13.5. The Hall–Kier alpha value is -2.59. The van der Waals surface area contributed by atoms with Crippen LogP contribution in [0.15, 0.2) is 58.1 Å². The number of carbonyl (C=O) groups excluding carboxylic acids is 3. The number of Topliss-reactive ketones (excluding diaryl/α,β-unsaturated/α-hetero) is 1. The van der Waals surface area contributed by atoms with Gasteiger partial charge in [0.05, 0.1) is 12.2 Å². The standard InChI is InChI=1S/C31H35BrO8/c1-16-12-23-29(37,26(16)36)14-20(15-33)13-22-25-28(4,5)31(25,40-18(3)34)27(17(2)30(22,23)38)39-24(35)11-8-19-6-9-21(32)10-7-19/h6-13,17,22-23,25,27,33,37-38H,14-15H2,1-5H3/b11-8+/t17-,22+,23-,25-,27-,29-,30-,31-/m1/s1. The zero-order chi connectivity index (χ0) is 29.4. The number of ketones is 1. The van der Waals surface area contributed by atoms with E-state index in [0.29, 0.717) is 11.1 Å². The van der Waals surface area contributed by atoms with Crippen LogP contribution in [-0.2, 0) is 23.9 Å². The lowest BCUT2D eigenvalue weighted by Gasteiger charge is -2.53. The second kappa shape index (κ2) is 9.48. The van der Waals surface area contributed by atoms with E-state index in [1.165, 1.54) is 13.0 Å². The van der Waals surface area contributed by atoms with E-state index in [0.717, 1.165) is 10.0 Å². The summed E-state index contributed by atoms with van der Waals surface area (Å²) < 4.78 is 13.0. The molecule has 1 aromatic rings. The predicted octanol–water partition coefficient (Wildman–Crippen LogP) is 3.53. The Bertz CT molecular complexity index is 1360. The maximum Gasteiger partial charge on any atom is 0.331 e. The number of esters is 2. The molecule has 9 heteroatoms. The zero-order valence-corrected chi connectivity index (χ0v) is 24.8. The average molecular weight is 616 g/mol. The van der Waals surface area contributed by atoms with E-state index in [4.69, 9.17) is 9.47 Å². The van der Waals surface area contributed by atoms with E-state index in [1.807, 2.05) is 38.1 Å². The van der Waals surface area contributed by atoms with Gasteiger partial charge in [0.2, 0.25) is 0 Å². The number of ether oxygens (including phenoxy) is 2. The van der Waals surface area contributed by atoms with Crippen LogP contribution in [0.3, 0.4) is 0 Å². The summed E-state index contributed by atoms with van der Waals surface area (Å²) in [6, 6.07) is 7.34. The molecule has 0 heterocycles. The van der Waals surface area contributed by atoms with Crippen LogP contribution in [0.1, 0.15) is 46.6 Å². The van der Waals surface area contributed by atoms with Gasteiger partial charge >= 0.3 is 11.9 Å². The zero-order valence-electron chi connectivity index (χ0n) is 23.2. The van der Waals surface area contributed by atoms with Gasteiger partial charge in [-0.1, -0.05) is 61.0 Å². The number of carbonyl (C=O) groups is 3. The normalized spacial score (nSPS) is 39.3. The molecule has 40 heavy (non-hydrogen) atoms. The summed E-state index contributed by atoms with van der Waals surface area (Å²) in [6.07, 6.45) is 5.00. The highest BCUT2D eigenvalue weighted by atomic mass is 79.9. The Morgan fingerprint density at radius 2 is 1.80 bits per heavy atom. The molecule has 0 bridgehead atoms. The molecular weight excluding hydrogens is 580 g/mol. The number of fused-ring (bicyclic) bond motifs is 5. The summed E-state index contributed by atoms with van der Waals surface area (Å²) in [5, 5.41) is 34.6. The van der Waals surface area contributed by atoms with Crippen molar-refractivity contribution in [1.29, 1.82) is 0 Å². The van der Waals surface area contributed by atoms with Crippen LogP contribution in [0.4, 0.5) is 0 Å². The molecule has 214 valence electrons. The van der Waals surface area contributed by atoms with Crippen LogP contribution >= 0.6 is 15.9 Å². The lowest BCUT2D eigenvalue weighted by molar-refractivity contribution is -0.226. The summed E-state index contributed by atoms with van der Waals surface area (Å²) >= 11 is 3.38. The molecule has 0 aromatic heterocycles. The van der Waals surface area contributed by atoms with Gasteiger partial charge in [0.1, 0.15) is 11.7 Å². The molecule has 1 aromatic carbocycles. The van der Waals surface area contributed by atoms with Crippen LogP contribution in [0, 0.1) is 29.1 Å². The molecule has 4 aliphatic carbocycles. The number of benzene rings is 1. The second-order valence-electron chi connectivity index (χ2n) is 12.3. The molecule has 8 atom stereocenters. The lowest BCUT2D eigenvalue weighted by Crippen LogP contribution is -2.66. The predicted molar refractivity (Wildman–Crippen MR) is 149 cm³/mol. The van der Waals surface area contributed by atoms with Gasteiger partial charge < -0.3 is 24.8 Å². The number of aliphatic hydroxyl groups is 3. The summed E-state index contributed by atoms with van der Waals surface area (Å²) in [4.78, 5) is 38.9. The van der Waals surface area contributed by atoms with Crippen molar-refractivity contribution in [1.82, 2.24) is 0 Å². The van der Waals surface area contributed by atoms with Gasteiger partial charge in [-0.2, -0.15) is 0 Å². The largest absolute Gasteiger partial charge is 0.455 e. The number of rotatable bonds is 5. The Morgan fingerprint density at radius 3 is 2.40 bits per heavy atom. The molecule has 5 rings (SSSR count). The summed E-state index contributed by atoms with van der Waals surface area (Å²) in [7, 11) is 0. The smallest absolute Gasteiger partial charge is 0.331 e. The highest BCUT2D eigenvalue weighted by Gasteiger charge is 2.87. The Morgan fingerprint density at radius 1 is 1.15 bits per heavy atom. The molecule has 0 radical (unpaired) electrons. The molecule has 2 saturated carbocycles. The minimum absolute atomic E-state index is 0.138. The van der Waals surface area contributed by atoms with Crippen molar-refractivity contribution >= 4 is 39.7 Å². The highest BCUT2D eigenvalue weighted by molar-refractivity contribution is 9.10. The highest BCUT2D eigenvalue weighted by Crippen LogP contribution is 2.77. The van der Waals surface area contributed by atoms with E-state index in [2.05, 4.69) is 15.9 Å². The number of halogens is 1. The van der Waals surface area contributed by atoms with Crippen LogP contribution in [0.2, 0.25) is 0 Å². The van der Waals surface area contributed by atoms with Crippen molar-refractivity contribution in [3.8, 4) is 0 Å². The fraction of sp³-hybridized carbons (Fsp3) is 0.516. The third-order valence-corrected chi connectivity index (χ3v) is 10.3. The summed E-state index contributed by atoms with van der Waals surface area (Å²) in [5.41, 5.74) is -4.22. The van der Waals surface area contributed by atoms with E-state index in [-0.39, 0.29) is 6.42 Å². The Balaban J connectivity index is 1.61. The maximum atomic E-state index is 13.2. The third-order valence-electron chi connectivity index (χ3n) is 9.80. The van der Waals surface area contributed by atoms with Crippen molar-refractivity contribution in [3.05, 3.63) is 63.7 Å². The molecule has 2 fully saturated rings. The second-order valence-corrected chi connectivity index (χ2v) is 13.2. The van der Waals surface area contributed by atoms with Crippen molar-refractivity contribution in [2.45, 2.75) is 63.9 Å². The van der Waals surface area contributed by atoms with Gasteiger partial charge in [-0.15, -0.1) is 0 Å². The molecule has 3 N–H and O–H groups in total. The monoisotopic (exact) mass is 614 g/mol. The topological polar surface area (TPSA) is 130 Å². The van der Waals surface area contributed by atoms with Gasteiger partial charge in [-0.05, 0) is 41.8 Å². The quantitative estimate of drug-likeness (QED) is 0.261. The van der Waals surface area contributed by atoms with Crippen molar-refractivity contribution in [3.63, 3.8) is 0 Å². The van der Waals surface area contributed by atoms with Gasteiger partial charge in [0.25, 0.3) is 0 Å². The van der Waals surface area contributed by atoms with Crippen molar-refractivity contribution in [2.24, 2.45) is 29.1 Å². The molecule has 4 aliphatic rings. The molecule has 0 aliphatic heterocycles. The minimum Gasteiger partial charge on any atom is -0.455 e. The van der Waals surface area contributed by atoms with Gasteiger partial charge in [-0.25, -0.2) is 4.79 Å². The van der Waals surface area contributed by atoms with Crippen LogP contribution in [0.25, 0.3) is 6.08 Å². The van der Waals surface area contributed by atoms with Gasteiger partial charge in [-0.3, -0.25) is 9.59 Å². The molecular formula is C31H35BrO8. The van der Waals surface area contributed by atoms with Gasteiger partial charge in [0.15, 0.2) is 11.4 Å². The average Bonchev–Trinajstić information content (AvgIpc) is 3.31. The molecule has 8 nitrogen and oxygen atoms in total. The van der Waals surface area contributed by atoms with E-state index < -0.39 is 76.3 Å². The third kappa shape index (κ3) is 3.92.